The van der Waals surface area contributed by atoms with Gasteiger partial charge in [0.2, 0.25) is 5.91 Å². The van der Waals surface area contributed by atoms with E-state index in [1.807, 2.05) is 24.3 Å². The molecule has 1 aliphatic rings. The van der Waals surface area contributed by atoms with Gasteiger partial charge in [-0.3, -0.25) is 14.9 Å². The van der Waals surface area contributed by atoms with Gasteiger partial charge in [-0.25, -0.2) is 14.4 Å². The first-order valence-electron chi connectivity index (χ1n) is 11.7. The number of rotatable bonds is 5. The number of hydrogen-bond acceptors (Lipinski definition) is 5. The van der Waals surface area contributed by atoms with Crippen molar-refractivity contribution < 1.29 is 9.18 Å². The number of benzene rings is 1. The number of fused-ring (bicyclic) bond motifs is 2. The van der Waals surface area contributed by atoms with E-state index in [1.54, 1.807) is 37.6 Å². The van der Waals surface area contributed by atoms with Crippen LogP contribution in [0.1, 0.15) is 36.7 Å². The van der Waals surface area contributed by atoms with Gasteiger partial charge in [0.15, 0.2) is 11.5 Å². The molecule has 0 saturated heterocycles. The van der Waals surface area contributed by atoms with Gasteiger partial charge in [-0.05, 0) is 31.0 Å². The molecule has 0 unspecified atom stereocenters. The normalized spacial score (nSPS) is 12.9. The Kier molecular flexibility index (Phi) is 5.37. The fraction of sp³-hybridized carbons (Fsp3) is 0.148. The maximum absolute atomic E-state index is 14.5. The smallest absolute Gasteiger partial charge is 0.224 e. The van der Waals surface area contributed by atoms with E-state index >= 15 is 0 Å². The molecule has 4 heterocycles. The molecule has 1 amide bonds. The molecule has 1 aromatic carbocycles. The molecule has 0 radical (unpaired) electrons. The summed E-state index contributed by atoms with van der Waals surface area (Å²) >= 11 is 0. The molecule has 0 aliphatic heterocycles. The highest BCUT2D eigenvalue weighted by molar-refractivity contribution is 5.94. The zero-order chi connectivity index (χ0) is 24.6. The molecule has 36 heavy (non-hydrogen) atoms. The highest BCUT2D eigenvalue weighted by atomic mass is 19.1. The van der Waals surface area contributed by atoms with Crippen molar-refractivity contribution in [3.05, 3.63) is 83.8 Å². The number of carbonyl (C=O) groups excluding carboxylic acids is 1. The van der Waals surface area contributed by atoms with Gasteiger partial charge in [-0.15, -0.1) is 0 Å². The van der Waals surface area contributed by atoms with Crippen LogP contribution in [0.25, 0.3) is 39.3 Å². The van der Waals surface area contributed by atoms with Crippen molar-refractivity contribution in [3.63, 3.8) is 0 Å². The first-order chi connectivity index (χ1) is 17.6. The van der Waals surface area contributed by atoms with Crippen molar-refractivity contribution in [3.8, 4) is 22.6 Å². The Bertz CT molecular complexity index is 1650. The number of hydrogen-bond donors (Lipinski definition) is 3. The van der Waals surface area contributed by atoms with Crippen LogP contribution in [0.5, 0.6) is 0 Å². The maximum atomic E-state index is 14.5. The molecule has 4 aromatic heterocycles. The van der Waals surface area contributed by atoms with Gasteiger partial charge < -0.3 is 10.3 Å². The summed E-state index contributed by atoms with van der Waals surface area (Å²) in [4.78, 5) is 28.8. The second-order valence-corrected chi connectivity index (χ2v) is 8.61. The number of aromatic nitrogens is 6. The van der Waals surface area contributed by atoms with Crippen LogP contribution in [-0.4, -0.2) is 36.0 Å². The molecular formula is C27H22FN7O. The molecule has 0 bridgehead atoms. The molecule has 0 atom stereocenters. The minimum atomic E-state index is -0.270. The lowest BCUT2D eigenvalue weighted by atomic mass is 9.94. The number of allylic oxidation sites excluding steroid dienone is 1. The lowest BCUT2D eigenvalue weighted by Gasteiger charge is -2.13. The summed E-state index contributed by atoms with van der Waals surface area (Å²) in [5.74, 6) is 0.269. The summed E-state index contributed by atoms with van der Waals surface area (Å²) in [6.45, 7) is 1.80. The molecule has 0 spiro atoms. The molecule has 0 saturated carbocycles. The lowest BCUT2D eigenvalue weighted by molar-refractivity contribution is -0.115. The van der Waals surface area contributed by atoms with Crippen LogP contribution in [0.2, 0.25) is 0 Å². The second kappa shape index (κ2) is 8.84. The lowest BCUT2D eigenvalue weighted by Crippen LogP contribution is -2.09. The van der Waals surface area contributed by atoms with E-state index in [0.717, 1.165) is 46.3 Å². The minimum Gasteiger partial charge on any atom is -0.340 e. The number of amides is 1. The fourth-order valence-corrected chi connectivity index (χ4v) is 4.46. The third-order valence-corrected chi connectivity index (χ3v) is 6.26. The number of anilines is 1. The number of aromatic amines is 2. The Morgan fingerprint density at radius 2 is 2.00 bits per heavy atom. The van der Waals surface area contributed by atoms with E-state index in [0.29, 0.717) is 34.8 Å². The van der Waals surface area contributed by atoms with Crippen LogP contribution < -0.4 is 5.32 Å². The summed E-state index contributed by atoms with van der Waals surface area (Å²) in [5, 5.41) is 11.0. The molecular weight excluding hydrogens is 457 g/mol. The van der Waals surface area contributed by atoms with Gasteiger partial charge in [0.1, 0.15) is 11.5 Å². The Labute approximate surface area is 205 Å². The van der Waals surface area contributed by atoms with Gasteiger partial charge in [0, 0.05) is 46.8 Å². The standard InChI is InChI=1S/C27H22FN7O/c1-2-23(36)31-17-10-15(12-29-14-17)16-11-20-25(34-35-26(20)30-13-16)27-32-22-9-5-7-19(24(22)33-27)18-6-3-4-8-21(18)28/h3-4,6-8,10-14H,2,5,9H2,1H3,(H,31,36)(H,32,33)(H,30,34,35). The molecule has 178 valence electrons. The van der Waals surface area contributed by atoms with Gasteiger partial charge in [0.25, 0.3) is 0 Å². The summed E-state index contributed by atoms with van der Waals surface area (Å²) in [7, 11) is 0. The Morgan fingerprint density at radius 1 is 1.14 bits per heavy atom. The summed E-state index contributed by atoms with van der Waals surface area (Å²) in [6.07, 6.45) is 9.07. The van der Waals surface area contributed by atoms with Gasteiger partial charge in [-0.1, -0.05) is 31.2 Å². The van der Waals surface area contributed by atoms with Crippen molar-refractivity contribution in [2.45, 2.75) is 26.2 Å². The number of pyridine rings is 2. The monoisotopic (exact) mass is 479 g/mol. The first kappa shape index (κ1) is 21.8. The van der Waals surface area contributed by atoms with E-state index in [1.165, 1.54) is 6.07 Å². The Morgan fingerprint density at radius 3 is 2.86 bits per heavy atom. The zero-order valence-corrected chi connectivity index (χ0v) is 19.5. The summed E-state index contributed by atoms with van der Waals surface area (Å²) in [5.41, 5.74) is 6.55. The van der Waals surface area contributed by atoms with E-state index in [-0.39, 0.29) is 11.7 Å². The summed E-state index contributed by atoms with van der Waals surface area (Å²) < 4.78 is 14.5. The van der Waals surface area contributed by atoms with Crippen molar-refractivity contribution in [2.75, 3.05) is 5.32 Å². The summed E-state index contributed by atoms with van der Waals surface area (Å²) in [6, 6.07) is 10.6. The minimum absolute atomic E-state index is 0.0785. The van der Waals surface area contributed by atoms with Gasteiger partial charge in [-0.2, -0.15) is 5.10 Å². The molecule has 5 aromatic rings. The largest absolute Gasteiger partial charge is 0.340 e. The molecule has 6 rings (SSSR count). The van der Waals surface area contributed by atoms with Crippen LogP contribution >= 0.6 is 0 Å². The highest BCUT2D eigenvalue weighted by Crippen LogP contribution is 2.35. The average molecular weight is 480 g/mol. The van der Waals surface area contributed by atoms with E-state index in [2.05, 4.69) is 30.5 Å². The third kappa shape index (κ3) is 3.84. The van der Waals surface area contributed by atoms with Crippen molar-refractivity contribution in [1.82, 2.24) is 30.1 Å². The van der Waals surface area contributed by atoms with E-state index in [4.69, 9.17) is 4.98 Å². The number of halogens is 1. The SMILES string of the molecule is CCC(=O)Nc1cncc(-c2cnc3n[nH]c(-c4nc5c([nH]4)CCC=C5c4ccccc4F)c3c2)c1. The predicted octanol–water partition coefficient (Wildman–Crippen LogP) is 5.28. The molecule has 3 N–H and O–H groups in total. The molecule has 0 fully saturated rings. The van der Waals surface area contributed by atoms with Crippen LogP contribution in [0, 0.1) is 5.82 Å². The quantitative estimate of drug-likeness (QED) is 0.318. The Balaban J connectivity index is 1.39. The third-order valence-electron chi connectivity index (χ3n) is 6.26. The highest BCUT2D eigenvalue weighted by Gasteiger charge is 2.23. The van der Waals surface area contributed by atoms with Crippen molar-refractivity contribution >= 4 is 28.2 Å². The zero-order valence-electron chi connectivity index (χ0n) is 19.5. The first-order valence-corrected chi connectivity index (χ1v) is 11.7. The number of H-pyrrole nitrogens is 2. The predicted molar refractivity (Wildman–Crippen MR) is 135 cm³/mol. The van der Waals surface area contributed by atoms with Crippen LogP contribution in [0.4, 0.5) is 10.1 Å². The van der Waals surface area contributed by atoms with Crippen molar-refractivity contribution in [2.24, 2.45) is 0 Å². The van der Waals surface area contributed by atoms with E-state index in [9.17, 15) is 9.18 Å². The molecule has 1 aliphatic carbocycles. The second-order valence-electron chi connectivity index (χ2n) is 8.61. The number of carbonyl (C=O) groups is 1. The van der Waals surface area contributed by atoms with Gasteiger partial charge >= 0.3 is 0 Å². The topological polar surface area (TPSA) is 112 Å². The number of nitrogens with one attached hydrogen (secondary N) is 3. The van der Waals surface area contributed by atoms with Crippen LogP contribution in [-0.2, 0) is 11.2 Å². The molecule has 9 heteroatoms. The fourth-order valence-electron chi connectivity index (χ4n) is 4.46. The Hall–Kier alpha value is -4.66. The van der Waals surface area contributed by atoms with E-state index < -0.39 is 0 Å². The van der Waals surface area contributed by atoms with Crippen LogP contribution in [0.15, 0.2) is 61.1 Å². The number of aryl methyl sites for hydroxylation is 1. The van der Waals surface area contributed by atoms with Crippen LogP contribution in [0.3, 0.4) is 0 Å². The van der Waals surface area contributed by atoms with Gasteiger partial charge in [0.05, 0.1) is 23.0 Å². The van der Waals surface area contributed by atoms with Crippen molar-refractivity contribution in [1.29, 1.82) is 0 Å². The number of imidazole rings is 1. The average Bonchev–Trinajstić information content (AvgIpc) is 3.52. The molecule has 8 nitrogen and oxygen atoms in total. The maximum Gasteiger partial charge on any atom is 0.224 e. The number of nitrogens with zero attached hydrogens (tertiary/aromatic N) is 4.